The van der Waals surface area contributed by atoms with Crippen LogP contribution in [0.15, 0.2) is 0 Å². The van der Waals surface area contributed by atoms with E-state index in [2.05, 4.69) is 21.3 Å². The molecule has 0 radical (unpaired) electrons. The average molecular weight is 399 g/mol. The summed E-state index contributed by atoms with van der Waals surface area (Å²) in [5.41, 5.74) is -5.15. The third kappa shape index (κ3) is 7.58. The first-order valence-corrected chi connectivity index (χ1v) is 7.93. The fourth-order valence-electron chi connectivity index (χ4n) is 2.09. The second-order valence-electron chi connectivity index (χ2n) is 8.09. The maximum atomic E-state index is 12.2. The SMILES string of the molecule is CC1(C)C[N-]CC(C)(O)C(=O)[N-]C(C)(C)C[N-]CC(C)(O)C(=O)[N-]1.[Ni+2]. The number of rotatable bonds is 0. The van der Waals surface area contributed by atoms with E-state index in [4.69, 9.17) is 0 Å². The van der Waals surface area contributed by atoms with Gasteiger partial charge in [-0.2, -0.15) is 13.1 Å². The van der Waals surface area contributed by atoms with Gasteiger partial charge in [0.05, 0.1) is 23.0 Å². The maximum absolute atomic E-state index is 12.2. The van der Waals surface area contributed by atoms with Gasteiger partial charge in [-0.05, 0) is 13.8 Å². The molecule has 2 N–H and O–H groups in total. The van der Waals surface area contributed by atoms with E-state index in [0.717, 1.165) is 0 Å². The Kier molecular flexibility index (Phi) is 8.07. The summed E-state index contributed by atoms with van der Waals surface area (Å²) in [6.07, 6.45) is 0. The predicted molar refractivity (Wildman–Crippen MR) is 92.3 cm³/mol. The van der Waals surface area contributed by atoms with Gasteiger partial charge in [0.1, 0.15) is 0 Å². The summed E-state index contributed by atoms with van der Waals surface area (Å²) in [4.78, 5) is 24.4. The molecule has 0 aromatic rings. The van der Waals surface area contributed by atoms with Crippen LogP contribution in [0.2, 0.25) is 0 Å². The summed E-state index contributed by atoms with van der Waals surface area (Å²) in [6, 6.07) is 0. The summed E-state index contributed by atoms with van der Waals surface area (Å²) in [5.74, 6) is -1.33. The van der Waals surface area contributed by atoms with E-state index in [0.29, 0.717) is 0 Å². The molecule has 1 aliphatic rings. The zero-order chi connectivity index (χ0) is 18.8. The van der Waals surface area contributed by atoms with Crippen LogP contribution in [-0.2, 0) is 26.1 Å². The zero-order valence-corrected chi connectivity index (χ0v) is 16.6. The molecule has 0 aromatic carbocycles. The molecule has 2 unspecified atom stereocenters. The minimum Gasteiger partial charge on any atom is -0.660 e. The fourth-order valence-corrected chi connectivity index (χ4v) is 2.09. The van der Waals surface area contributed by atoms with E-state index in [1.165, 1.54) is 13.8 Å². The standard InChI is InChI=1S/C16H30N4O4.Ni/c1-13(2)7-17-9-16(6,24)12(22)20-14(3,4)8-18-10-15(5,23)11(21)19-13;/h23-24H,7-10H2,1-6H3,(H2,19,20,21,22);/q-2;+2/p-2. The minimum atomic E-state index is -1.72. The van der Waals surface area contributed by atoms with Crippen LogP contribution >= 0.6 is 0 Å². The molecule has 2 atom stereocenters. The first-order chi connectivity index (χ1) is 10.7. The van der Waals surface area contributed by atoms with E-state index in [9.17, 15) is 19.8 Å². The van der Waals surface area contributed by atoms with E-state index in [1.54, 1.807) is 27.7 Å². The molecule has 8 nitrogen and oxygen atoms in total. The normalized spacial score (nSPS) is 34.1. The van der Waals surface area contributed by atoms with Crippen molar-refractivity contribution in [1.29, 1.82) is 0 Å². The van der Waals surface area contributed by atoms with Crippen LogP contribution in [0.1, 0.15) is 41.5 Å². The molecule has 0 saturated carbocycles. The van der Waals surface area contributed by atoms with Crippen LogP contribution in [0.4, 0.5) is 0 Å². The van der Waals surface area contributed by atoms with Gasteiger partial charge in [0, 0.05) is 0 Å². The molecule has 1 fully saturated rings. The summed E-state index contributed by atoms with van der Waals surface area (Å²) >= 11 is 0. The van der Waals surface area contributed by atoms with E-state index >= 15 is 0 Å². The maximum Gasteiger partial charge on any atom is 2.00 e. The predicted octanol–water partition coefficient (Wildman–Crippen LogP) is 1.60. The van der Waals surface area contributed by atoms with Gasteiger partial charge in [0.2, 0.25) is 0 Å². The van der Waals surface area contributed by atoms with E-state index in [1.807, 2.05) is 0 Å². The molecular weight excluding hydrogens is 371 g/mol. The van der Waals surface area contributed by atoms with Crippen molar-refractivity contribution in [3.05, 3.63) is 21.3 Å². The molecule has 1 saturated heterocycles. The van der Waals surface area contributed by atoms with Gasteiger partial charge in [-0.3, -0.25) is 0 Å². The van der Waals surface area contributed by atoms with Crippen molar-refractivity contribution in [2.45, 2.75) is 63.8 Å². The van der Waals surface area contributed by atoms with Gasteiger partial charge < -0.3 is 41.1 Å². The third-order valence-corrected chi connectivity index (χ3v) is 3.57. The van der Waals surface area contributed by atoms with Crippen LogP contribution < -0.4 is 0 Å². The quantitative estimate of drug-likeness (QED) is 0.599. The molecule has 0 aliphatic carbocycles. The molecule has 1 aliphatic heterocycles. The Morgan fingerprint density at radius 1 is 0.680 bits per heavy atom. The van der Waals surface area contributed by atoms with Crippen LogP contribution in [-0.4, -0.2) is 70.5 Å². The smallest absolute Gasteiger partial charge is 0.660 e. The average Bonchev–Trinajstić information content (AvgIpc) is 2.35. The topological polar surface area (TPSA) is 131 Å². The molecule has 2 amide bonds. The Morgan fingerprint density at radius 3 is 1.24 bits per heavy atom. The largest absolute Gasteiger partial charge is 2.00 e. The third-order valence-electron chi connectivity index (χ3n) is 3.57. The van der Waals surface area contributed by atoms with Crippen molar-refractivity contribution in [1.82, 2.24) is 0 Å². The number of hydrogen-bond donors (Lipinski definition) is 2. The zero-order valence-electron chi connectivity index (χ0n) is 15.6. The molecule has 9 heteroatoms. The fraction of sp³-hybridized carbons (Fsp3) is 0.875. The van der Waals surface area contributed by atoms with Gasteiger partial charge in [-0.25, -0.2) is 0 Å². The molecule has 1 rings (SSSR count). The summed E-state index contributed by atoms with van der Waals surface area (Å²) in [6.45, 7) is 9.45. The molecular formula is C16H28N4NiO4-2. The number of carbonyl (C=O) groups is 2. The van der Waals surface area contributed by atoms with Crippen LogP contribution in [0.5, 0.6) is 0 Å². The van der Waals surface area contributed by atoms with E-state index in [-0.39, 0.29) is 42.7 Å². The number of carbonyl (C=O) groups excluding carboxylic acids is 2. The van der Waals surface area contributed by atoms with Gasteiger partial charge in [-0.15, -0.1) is 24.2 Å². The Balaban J connectivity index is 0.00000576. The van der Waals surface area contributed by atoms with Crippen molar-refractivity contribution in [2.24, 2.45) is 0 Å². The Labute approximate surface area is 159 Å². The van der Waals surface area contributed by atoms with Gasteiger partial charge >= 0.3 is 16.5 Å². The van der Waals surface area contributed by atoms with Crippen LogP contribution in [0, 0.1) is 0 Å². The monoisotopic (exact) mass is 398 g/mol. The molecule has 25 heavy (non-hydrogen) atoms. The first kappa shape index (κ1) is 24.3. The molecule has 0 aromatic heterocycles. The number of amides is 2. The number of aliphatic hydroxyl groups is 2. The van der Waals surface area contributed by atoms with Crippen molar-refractivity contribution < 1.29 is 36.3 Å². The first-order valence-electron chi connectivity index (χ1n) is 7.93. The Hall–Kier alpha value is -0.726. The van der Waals surface area contributed by atoms with Gasteiger partial charge in [-0.1, -0.05) is 27.7 Å². The second-order valence-corrected chi connectivity index (χ2v) is 8.09. The number of hydrogen-bond acceptors (Lipinski definition) is 4. The van der Waals surface area contributed by atoms with Gasteiger partial charge in [0.25, 0.3) is 0 Å². The van der Waals surface area contributed by atoms with Crippen LogP contribution in [0.25, 0.3) is 21.3 Å². The second kappa shape index (κ2) is 8.31. The summed E-state index contributed by atoms with van der Waals surface area (Å²) in [5, 5.41) is 36.9. The molecule has 148 valence electrons. The van der Waals surface area contributed by atoms with Crippen LogP contribution in [0.3, 0.4) is 0 Å². The molecule has 1 heterocycles. The molecule has 0 spiro atoms. The minimum absolute atomic E-state index is 0. The summed E-state index contributed by atoms with van der Waals surface area (Å²) < 4.78 is 0. The number of nitrogens with zero attached hydrogens (tertiary/aromatic N) is 4. The molecule has 0 bridgehead atoms. The van der Waals surface area contributed by atoms with Crippen molar-refractivity contribution in [3.8, 4) is 0 Å². The Morgan fingerprint density at radius 2 is 0.960 bits per heavy atom. The van der Waals surface area contributed by atoms with Gasteiger partial charge in [0.15, 0.2) is 0 Å². The van der Waals surface area contributed by atoms with Crippen molar-refractivity contribution >= 4 is 11.8 Å². The van der Waals surface area contributed by atoms with E-state index < -0.39 is 34.1 Å². The van der Waals surface area contributed by atoms with Crippen molar-refractivity contribution in [2.75, 3.05) is 26.2 Å². The summed E-state index contributed by atoms with van der Waals surface area (Å²) in [7, 11) is 0. The Bertz CT molecular complexity index is 449. The van der Waals surface area contributed by atoms with Crippen molar-refractivity contribution in [3.63, 3.8) is 0 Å².